The molecule has 1 aromatic heterocycles. The molecule has 3 rings (SSSR count). The molecule has 2 aliphatic rings. The van der Waals surface area contributed by atoms with E-state index in [0.29, 0.717) is 10.8 Å². The zero-order chi connectivity index (χ0) is 14.8. The third-order valence-electron chi connectivity index (χ3n) is 5.59. The van der Waals surface area contributed by atoms with Crippen LogP contribution in [0.3, 0.4) is 0 Å². The Morgan fingerprint density at radius 2 is 1.71 bits per heavy atom. The predicted octanol–water partition coefficient (Wildman–Crippen LogP) is 4.45. The van der Waals surface area contributed by atoms with Gasteiger partial charge in [-0.15, -0.1) is 0 Å². The zero-order valence-electron chi connectivity index (χ0n) is 13.7. The van der Waals surface area contributed by atoms with E-state index < -0.39 is 0 Å². The van der Waals surface area contributed by atoms with Crippen LogP contribution in [0.15, 0.2) is 24.5 Å². The van der Waals surface area contributed by atoms with Gasteiger partial charge in [-0.2, -0.15) is 0 Å². The molecule has 0 amide bonds. The highest BCUT2D eigenvalue weighted by molar-refractivity contribution is 5.30. The Morgan fingerprint density at radius 1 is 1.10 bits per heavy atom. The van der Waals surface area contributed by atoms with Gasteiger partial charge in [0.25, 0.3) is 0 Å². The molecule has 0 unspecified atom stereocenters. The molecule has 0 aliphatic heterocycles. The van der Waals surface area contributed by atoms with E-state index in [1.54, 1.807) is 0 Å². The average Bonchev–Trinajstić information content (AvgIpc) is 3.28. The molecule has 1 heterocycles. The van der Waals surface area contributed by atoms with Gasteiger partial charge in [0.05, 0.1) is 0 Å². The fourth-order valence-corrected chi connectivity index (χ4v) is 4.69. The van der Waals surface area contributed by atoms with E-state index in [0.717, 1.165) is 12.6 Å². The van der Waals surface area contributed by atoms with Crippen molar-refractivity contribution in [2.75, 3.05) is 6.54 Å². The molecule has 1 N–H and O–H groups in total. The third kappa shape index (κ3) is 3.15. The molecule has 2 nitrogen and oxygen atoms in total. The summed E-state index contributed by atoms with van der Waals surface area (Å²) in [6, 6.07) is 5.29. The third-order valence-corrected chi connectivity index (χ3v) is 5.59. The Kier molecular flexibility index (Phi) is 4.35. The Labute approximate surface area is 129 Å². The zero-order valence-corrected chi connectivity index (χ0v) is 13.7. The Balaban J connectivity index is 1.75. The highest BCUT2D eigenvalue weighted by Gasteiger charge is 2.53. The van der Waals surface area contributed by atoms with Crippen LogP contribution in [0.25, 0.3) is 0 Å². The molecule has 0 bridgehead atoms. The van der Waals surface area contributed by atoms with Gasteiger partial charge in [0.15, 0.2) is 0 Å². The first-order chi connectivity index (χ1) is 10.2. The SMILES string of the molecule is CCCC1(CCC)CC(CNC2CC2)(c2ccncc2)C1. The van der Waals surface area contributed by atoms with E-state index in [1.807, 2.05) is 12.4 Å². The smallest absolute Gasteiger partial charge is 0.0270 e. The van der Waals surface area contributed by atoms with E-state index in [4.69, 9.17) is 0 Å². The second-order valence-corrected chi connectivity index (χ2v) is 7.52. The van der Waals surface area contributed by atoms with Gasteiger partial charge in [0.1, 0.15) is 0 Å². The minimum Gasteiger partial charge on any atom is -0.313 e. The lowest BCUT2D eigenvalue weighted by molar-refractivity contribution is 0.00259. The topological polar surface area (TPSA) is 24.9 Å². The summed E-state index contributed by atoms with van der Waals surface area (Å²) in [7, 11) is 0. The number of nitrogens with one attached hydrogen (secondary N) is 1. The molecule has 21 heavy (non-hydrogen) atoms. The molecule has 1 aromatic rings. The minimum atomic E-state index is 0.371. The van der Waals surface area contributed by atoms with E-state index in [2.05, 4.69) is 36.3 Å². The van der Waals surface area contributed by atoms with Gasteiger partial charge in [-0.25, -0.2) is 0 Å². The van der Waals surface area contributed by atoms with Gasteiger partial charge >= 0.3 is 0 Å². The largest absolute Gasteiger partial charge is 0.313 e. The predicted molar refractivity (Wildman–Crippen MR) is 88.4 cm³/mol. The van der Waals surface area contributed by atoms with Crippen molar-refractivity contribution in [3.05, 3.63) is 30.1 Å². The lowest BCUT2D eigenvalue weighted by atomic mass is 9.48. The van der Waals surface area contributed by atoms with Crippen LogP contribution in [-0.4, -0.2) is 17.6 Å². The van der Waals surface area contributed by atoms with Crippen molar-refractivity contribution in [1.29, 1.82) is 0 Å². The lowest BCUT2D eigenvalue weighted by Gasteiger charge is -2.57. The molecular weight excluding hydrogens is 256 g/mol. The first-order valence-electron chi connectivity index (χ1n) is 8.86. The lowest BCUT2D eigenvalue weighted by Crippen LogP contribution is -2.55. The van der Waals surface area contributed by atoms with Crippen LogP contribution >= 0.6 is 0 Å². The van der Waals surface area contributed by atoms with Crippen LogP contribution in [0.5, 0.6) is 0 Å². The summed E-state index contributed by atoms with van der Waals surface area (Å²) in [6.45, 7) is 5.84. The number of aromatic nitrogens is 1. The van der Waals surface area contributed by atoms with Gasteiger partial charge in [-0.3, -0.25) is 4.98 Å². The van der Waals surface area contributed by atoms with Gasteiger partial charge in [-0.05, 0) is 61.6 Å². The average molecular weight is 286 g/mol. The summed E-state index contributed by atoms with van der Waals surface area (Å²) in [5.41, 5.74) is 2.49. The highest BCUT2D eigenvalue weighted by Crippen LogP contribution is 2.60. The second-order valence-electron chi connectivity index (χ2n) is 7.52. The summed E-state index contributed by atoms with van der Waals surface area (Å²) in [4.78, 5) is 4.21. The van der Waals surface area contributed by atoms with Crippen LogP contribution < -0.4 is 5.32 Å². The van der Waals surface area contributed by atoms with Crippen LogP contribution in [0.1, 0.15) is 70.8 Å². The maximum Gasteiger partial charge on any atom is 0.0270 e. The number of nitrogens with zero attached hydrogens (tertiary/aromatic N) is 1. The molecule has 116 valence electrons. The Bertz CT molecular complexity index is 436. The van der Waals surface area contributed by atoms with Crippen LogP contribution in [-0.2, 0) is 5.41 Å². The standard InChI is InChI=1S/C19H30N2/c1-3-9-18(10-4-2)13-19(14-18,15-21-17-5-6-17)16-7-11-20-12-8-16/h7-8,11-12,17,21H,3-6,9-10,13-15H2,1-2H3. The van der Waals surface area contributed by atoms with Gasteiger partial charge in [0, 0.05) is 30.4 Å². The fraction of sp³-hybridized carbons (Fsp3) is 0.737. The maximum atomic E-state index is 4.21. The van der Waals surface area contributed by atoms with Crippen molar-refractivity contribution < 1.29 is 0 Å². The second kappa shape index (κ2) is 6.08. The summed E-state index contributed by atoms with van der Waals surface area (Å²) in [5, 5.41) is 3.80. The first kappa shape index (κ1) is 15.0. The number of hydrogen-bond acceptors (Lipinski definition) is 2. The fourth-order valence-electron chi connectivity index (χ4n) is 4.69. The molecule has 2 heteroatoms. The van der Waals surface area contributed by atoms with Crippen molar-refractivity contribution in [1.82, 2.24) is 10.3 Å². The van der Waals surface area contributed by atoms with Crippen LogP contribution in [0, 0.1) is 5.41 Å². The molecule has 0 spiro atoms. The Hall–Kier alpha value is -0.890. The van der Waals surface area contributed by atoms with Crippen molar-refractivity contribution in [2.24, 2.45) is 5.41 Å². The van der Waals surface area contributed by atoms with E-state index in [-0.39, 0.29) is 0 Å². The number of rotatable bonds is 8. The molecular formula is C19H30N2. The minimum absolute atomic E-state index is 0.371. The molecule has 0 aromatic carbocycles. The maximum absolute atomic E-state index is 4.21. The van der Waals surface area contributed by atoms with Crippen molar-refractivity contribution >= 4 is 0 Å². The van der Waals surface area contributed by atoms with E-state index in [1.165, 1.54) is 56.9 Å². The van der Waals surface area contributed by atoms with Gasteiger partial charge < -0.3 is 5.32 Å². The molecule has 0 atom stereocenters. The summed E-state index contributed by atoms with van der Waals surface area (Å²) in [5.74, 6) is 0. The van der Waals surface area contributed by atoms with Crippen molar-refractivity contribution in [2.45, 2.75) is 76.7 Å². The molecule has 2 aliphatic carbocycles. The normalized spacial score (nSPS) is 22.8. The highest BCUT2D eigenvalue weighted by atomic mass is 15.0. The van der Waals surface area contributed by atoms with Crippen LogP contribution in [0.2, 0.25) is 0 Å². The summed E-state index contributed by atoms with van der Waals surface area (Å²) < 4.78 is 0. The van der Waals surface area contributed by atoms with E-state index in [9.17, 15) is 0 Å². The monoisotopic (exact) mass is 286 g/mol. The molecule has 2 fully saturated rings. The first-order valence-corrected chi connectivity index (χ1v) is 8.86. The van der Waals surface area contributed by atoms with Gasteiger partial charge in [-0.1, -0.05) is 26.7 Å². The van der Waals surface area contributed by atoms with Gasteiger partial charge in [0.2, 0.25) is 0 Å². The number of pyridine rings is 1. The van der Waals surface area contributed by atoms with E-state index >= 15 is 0 Å². The van der Waals surface area contributed by atoms with Crippen molar-refractivity contribution in [3.63, 3.8) is 0 Å². The summed E-state index contributed by atoms with van der Waals surface area (Å²) in [6.07, 6.45) is 14.9. The Morgan fingerprint density at radius 3 is 2.24 bits per heavy atom. The summed E-state index contributed by atoms with van der Waals surface area (Å²) >= 11 is 0. The van der Waals surface area contributed by atoms with Crippen LogP contribution in [0.4, 0.5) is 0 Å². The molecule has 0 saturated heterocycles. The quantitative estimate of drug-likeness (QED) is 0.763. The molecule has 2 saturated carbocycles. The number of hydrogen-bond donors (Lipinski definition) is 1. The molecule has 0 radical (unpaired) electrons. The van der Waals surface area contributed by atoms with Crippen molar-refractivity contribution in [3.8, 4) is 0 Å².